The third-order valence-corrected chi connectivity index (χ3v) is 3.80. The van der Waals surface area contributed by atoms with Crippen LogP contribution in [0, 0.1) is 0 Å². The van der Waals surface area contributed by atoms with Crippen LogP contribution in [0.3, 0.4) is 0 Å². The van der Waals surface area contributed by atoms with Crippen molar-refractivity contribution in [3.8, 4) is 0 Å². The minimum atomic E-state index is 0.0663. The second kappa shape index (κ2) is 9.35. The molecule has 114 valence electrons. The van der Waals surface area contributed by atoms with Gasteiger partial charge in [-0.2, -0.15) is 0 Å². The molecule has 0 aromatic heterocycles. The first-order valence-corrected chi connectivity index (χ1v) is 7.79. The van der Waals surface area contributed by atoms with E-state index in [2.05, 4.69) is 36.9 Å². The molecule has 2 N–H and O–H groups in total. The van der Waals surface area contributed by atoms with Crippen LogP contribution in [0.5, 0.6) is 0 Å². The Kier molecular flexibility index (Phi) is 8.15. The fraction of sp³-hybridized carbons (Fsp3) is 0.625. The highest BCUT2D eigenvalue weighted by atomic mass is 35.5. The molecule has 3 nitrogen and oxygen atoms in total. The average Bonchev–Trinajstić information content (AvgIpc) is 2.41. The minimum absolute atomic E-state index is 0.0663. The number of nitrogens with zero attached hydrogens (tertiary/aromatic N) is 2. The van der Waals surface area contributed by atoms with Crippen LogP contribution in [0.2, 0.25) is 5.02 Å². The van der Waals surface area contributed by atoms with Crippen molar-refractivity contribution in [2.45, 2.75) is 25.8 Å². The van der Waals surface area contributed by atoms with Gasteiger partial charge >= 0.3 is 0 Å². The molecule has 1 unspecified atom stereocenters. The lowest BCUT2D eigenvalue weighted by molar-refractivity contribution is 0.257. The average molecular weight is 298 g/mol. The summed E-state index contributed by atoms with van der Waals surface area (Å²) in [5.74, 6) is 0. The van der Waals surface area contributed by atoms with Crippen LogP contribution in [-0.2, 0) is 0 Å². The monoisotopic (exact) mass is 297 g/mol. The first kappa shape index (κ1) is 17.4. The van der Waals surface area contributed by atoms with Gasteiger partial charge in [0.2, 0.25) is 0 Å². The fourth-order valence-corrected chi connectivity index (χ4v) is 2.46. The molecule has 4 heteroatoms. The molecule has 0 bridgehead atoms. The van der Waals surface area contributed by atoms with E-state index >= 15 is 0 Å². The van der Waals surface area contributed by atoms with E-state index < -0.39 is 0 Å². The second-order valence-electron chi connectivity index (χ2n) is 5.54. The topological polar surface area (TPSA) is 32.5 Å². The Bertz CT molecular complexity index is 382. The van der Waals surface area contributed by atoms with Gasteiger partial charge in [0.1, 0.15) is 0 Å². The van der Waals surface area contributed by atoms with Crippen molar-refractivity contribution in [1.29, 1.82) is 0 Å². The van der Waals surface area contributed by atoms with Crippen LogP contribution >= 0.6 is 11.6 Å². The van der Waals surface area contributed by atoms with Crippen LogP contribution < -0.4 is 5.73 Å². The zero-order chi connectivity index (χ0) is 15.0. The molecule has 0 saturated carbocycles. The zero-order valence-corrected chi connectivity index (χ0v) is 13.7. The second-order valence-corrected chi connectivity index (χ2v) is 5.98. The maximum atomic E-state index is 6.25. The quantitative estimate of drug-likeness (QED) is 0.760. The summed E-state index contributed by atoms with van der Waals surface area (Å²) in [7, 11) is 4.23. The minimum Gasteiger partial charge on any atom is -0.324 e. The van der Waals surface area contributed by atoms with Gasteiger partial charge in [-0.15, -0.1) is 0 Å². The SMILES string of the molecule is CCN(CCCN(C)C)CCC(N)c1cccc(Cl)c1. The Morgan fingerprint density at radius 3 is 2.55 bits per heavy atom. The maximum Gasteiger partial charge on any atom is 0.0409 e. The van der Waals surface area contributed by atoms with Crippen molar-refractivity contribution in [3.05, 3.63) is 34.9 Å². The van der Waals surface area contributed by atoms with Gasteiger partial charge in [0.25, 0.3) is 0 Å². The Morgan fingerprint density at radius 2 is 1.95 bits per heavy atom. The molecule has 0 spiro atoms. The van der Waals surface area contributed by atoms with Crippen LogP contribution in [-0.4, -0.2) is 50.1 Å². The van der Waals surface area contributed by atoms with Gasteiger partial charge in [0.15, 0.2) is 0 Å². The van der Waals surface area contributed by atoms with Crippen molar-refractivity contribution in [2.75, 3.05) is 40.3 Å². The molecule has 0 amide bonds. The van der Waals surface area contributed by atoms with Crippen molar-refractivity contribution in [3.63, 3.8) is 0 Å². The summed E-state index contributed by atoms with van der Waals surface area (Å²) < 4.78 is 0. The van der Waals surface area contributed by atoms with Crippen molar-refractivity contribution >= 4 is 11.6 Å². The first-order valence-electron chi connectivity index (χ1n) is 7.41. The third-order valence-electron chi connectivity index (χ3n) is 3.56. The normalized spacial score (nSPS) is 13.2. The molecular formula is C16H28ClN3. The predicted molar refractivity (Wildman–Crippen MR) is 88.3 cm³/mol. The fourth-order valence-electron chi connectivity index (χ4n) is 2.26. The lowest BCUT2D eigenvalue weighted by atomic mass is 10.0. The molecule has 0 aliphatic heterocycles. The van der Waals surface area contributed by atoms with Crippen LogP contribution in [0.4, 0.5) is 0 Å². The molecule has 0 saturated heterocycles. The molecule has 0 heterocycles. The van der Waals surface area contributed by atoms with Gasteiger partial charge in [-0.1, -0.05) is 30.7 Å². The van der Waals surface area contributed by atoms with E-state index in [0.29, 0.717) is 0 Å². The molecule has 1 atom stereocenters. The highest BCUT2D eigenvalue weighted by molar-refractivity contribution is 6.30. The van der Waals surface area contributed by atoms with Gasteiger partial charge < -0.3 is 15.5 Å². The Hall–Kier alpha value is -0.610. The Balaban J connectivity index is 2.36. The van der Waals surface area contributed by atoms with Crippen LogP contribution in [0.25, 0.3) is 0 Å². The van der Waals surface area contributed by atoms with Crippen LogP contribution in [0.1, 0.15) is 31.4 Å². The summed E-state index contributed by atoms with van der Waals surface area (Å²) in [4.78, 5) is 4.69. The molecular weight excluding hydrogens is 270 g/mol. The lowest BCUT2D eigenvalue weighted by Gasteiger charge is -2.23. The third kappa shape index (κ3) is 6.71. The van der Waals surface area contributed by atoms with Gasteiger partial charge in [0.05, 0.1) is 0 Å². The van der Waals surface area contributed by atoms with E-state index in [4.69, 9.17) is 17.3 Å². The molecule has 1 rings (SSSR count). The predicted octanol–water partition coefficient (Wildman–Crippen LogP) is 3.00. The zero-order valence-electron chi connectivity index (χ0n) is 13.0. The molecule has 20 heavy (non-hydrogen) atoms. The van der Waals surface area contributed by atoms with Gasteiger partial charge in [-0.05, 0) is 70.8 Å². The Morgan fingerprint density at radius 1 is 1.20 bits per heavy atom. The summed E-state index contributed by atoms with van der Waals surface area (Å²) in [5.41, 5.74) is 7.38. The molecule has 0 radical (unpaired) electrons. The highest BCUT2D eigenvalue weighted by Crippen LogP contribution is 2.18. The van der Waals surface area contributed by atoms with E-state index in [0.717, 1.165) is 43.2 Å². The summed E-state index contributed by atoms with van der Waals surface area (Å²) in [5, 5.41) is 0.760. The number of hydrogen-bond donors (Lipinski definition) is 1. The van der Waals surface area contributed by atoms with Crippen molar-refractivity contribution in [2.24, 2.45) is 5.73 Å². The van der Waals surface area contributed by atoms with E-state index in [-0.39, 0.29) is 6.04 Å². The number of nitrogens with two attached hydrogens (primary N) is 1. The maximum absolute atomic E-state index is 6.25. The van der Waals surface area contributed by atoms with Gasteiger partial charge in [-0.3, -0.25) is 0 Å². The van der Waals surface area contributed by atoms with Gasteiger partial charge in [0, 0.05) is 11.1 Å². The number of rotatable bonds is 9. The molecule has 1 aromatic carbocycles. The summed E-state index contributed by atoms with van der Waals surface area (Å²) in [6.45, 7) is 6.60. The van der Waals surface area contributed by atoms with Crippen LogP contribution in [0.15, 0.2) is 24.3 Å². The highest BCUT2D eigenvalue weighted by Gasteiger charge is 2.09. The number of halogens is 1. The van der Waals surface area contributed by atoms with E-state index in [1.165, 1.54) is 6.42 Å². The van der Waals surface area contributed by atoms with E-state index in [1.807, 2.05) is 18.2 Å². The molecule has 0 aliphatic carbocycles. The molecule has 1 aromatic rings. The molecule has 0 aliphatic rings. The summed E-state index contributed by atoms with van der Waals surface area (Å²) in [6.07, 6.45) is 2.17. The first-order chi connectivity index (χ1) is 9.52. The van der Waals surface area contributed by atoms with Crippen molar-refractivity contribution in [1.82, 2.24) is 9.80 Å². The van der Waals surface area contributed by atoms with E-state index in [9.17, 15) is 0 Å². The summed E-state index contributed by atoms with van der Waals surface area (Å²) >= 11 is 6.01. The number of benzene rings is 1. The number of hydrogen-bond acceptors (Lipinski definition) is 3. The lowest BCUT2D eigenvalue weighted by Crippen LogP contribution is -2.30. The summed E-state index contributed by atoms with van der Waals surface area (Å²) in [6, 6.07) is 7.94. The van der Waals surface area contributed by atoms with Crippen molar-refractivity contribution < 1.29 is 0 Å². The Labute approximate surface area is 128 Å². The van der Waals surface area contributed by atoms with E-state index in [1.54, 1.807) is 0 Å². The largest absolute Gasteiger partial charge is 0.324 e. The van der Waals surface area contributed by atoms with Gasteiger partial charge in [-0.25, -0.2) is 0 Å². The smallest absolute Gasteiger partial charge is 0.0409 e. The molecule has 0 fully saturated rings. The standard InChI is InChI=1S/C16H28ClN3/c1-4-20(11-6-10-19(2)3)12-9-16(18)14-7-5-8-15(17)13-14/h5,7-8,13,16H,4,6,9-12,18H2,1-3H3.